The van der Waals surface area contributed by atoms with Gasteiger partial charge in [-0.3, -0.25) is 0 Å². The van der Waals surface area contributed by atoms with Crippen LogP contribution in [0.2, 0.25) is 0 Å². The summed E-state index contributed by atoms with van der Waals surface area (Å²) in [6.45, 7) is 0. The molecular formula is C14H12F3NO2. The Kier molecular flexibility index (Phi) is 2.77. The molecule has 6 heteroatoms. The molecule has 0 radical (unpaired) electrons. The topological polar surface area (TPSA) is 42.2 Å². The maximum Gasteiger partial charge on any atom is 0.416 e. The van der Waals surface area contributed by atoms with Crippen molar-refractivity contribution in [2.24, 2.45) is 0 Å². The molecule has 0 spiro atoms. The minimum Gasteiger partial charge on any atom is -0.477 e. The predicted octanol–water partition coefficient (Wildman–Crippen LogP) is 4.08. The highest BCUT2D eigenvalue weighted by molar-refractivity contribution is 5.95. The first-order chi connectivity index (χ1) is 9.38. The van der Waals surface area contributed by atoms with Crippen molar-refractivity contribution in [3.05, 3.63) is 35.5 Å². The number of hydrogen-bond acceptors (Lipinski definition) is 1. The highest BCUT2D eigenvalue weighted by Gasteiger charge is 2.32. The molecule has 0 bridgehead atoms. The lowest BCUT2D eigenvalue weighted by atomic mass is 9.92. The average molecular weight is 283 g/mol. The van der Waals surface area contributed by atoms with Crippen LogP contribution in [-0.4, -0.2) is 15.6 Å². The molecule has 0 saturated heterocycles. The molecule has 0 unspecified atom stereocenters. The number of carboxylic acids is 1. The molecule has 1 aliphatic carbocycles. The van der Waals surface area contributed by atoms with Gasteiger partial charge in [-0.1, -0.05) is 6.07 Å². The van der Waals surface area contributed by atoms with E-state index in [1.54, 1.807) is 0 Å². The molecule has 1 aliphatic rings. The van der Waals surface area contributed by atoms with Gasteiger partial charge >= 0.3 is 12.1 Å². The number of fused-ring (bicyclic) bond motifs is 1. The molecule has 0 aliphatic heterocycles. The van der Waals surface area contributed by atoms with Gasteiger partial charge in [0.05, 0.1) is 5.56 Å². The van der Waals surface area contributed by atoms with Crippen LogP contribution in [0.3, 0.4) is 0 Å². The second-order valence-corrected chi connectivity index (χ2v) is 5.06. The summed E-state index contributed by atoms with van der Waals surface area (Å²) in [4.78, 5) is 11.3. The normalized spacial score (nSPS) is 16.4. The Morgan fingerprint density at radius 3 is 2.45 bits per heavy atom. The number of carboxylic acid groups (broad SMARTS) is 1. The zero-order valence-electron chi connectivity index (χ0n) is 10.4. The van der Waals surface area contributed by atoms with Gasteiger partial charge in [-0.2, -0.15) is 13.2 Å². The van der Waals surface area contributed by atoms with Gasteiger partial charge in [-0.25, -0.2) is 4.79 Å². The van der Waals surface area contributed by atoms with E-state index in [0.717, 1.165) is 31.4 Å². The molecule has 1 aromatic carbocycles. The summed E-state index contributed by atoms with van der Waals surface area (Å²) in [5.74, 6) is -1.11. The van der Waals surface area contributed by atoms with E-state index >= 15 is 0 Å². The number of alkyl halides is 3. The van der Waals surface area contributed by atoms with Crippen LogP contribution in [0, 0.1) is 0 Å². The lowest BCUT2D eigenvalue weighted by molar-refractivity contribution is -0.137. The van der Waals surface area contributed by atoms with E-state index in [0.29, 0.717) is 10.9 Å². The van der Waals surface area contributed by atoms with Crippen LogP contribution < -0.4 is 0 Å². The van der Waals surface area contributed by atoms with Crippen molar-refractivity contribution in [3.8, 4) is 0 Å². The van der Waals surface area contributed by atoms with E-state index in [4.69, 9.17) is 0 Å². The molecule has 1 aromatic heterocycles. The van der Waals surface area contributed by atoms with Gasteiger partial charge in [0.25, 0.3) is 0 Å². The highest BCUT2D eigenvalue weighted by Crippen LogP contribution is 2.38. The minimum absolute atomic E-state index is 0.0120. The van der Waals surface area contributed by atoms with Crippen molar-refractivity contribution >= 4 is 16.9 Å². The fourth-order valence-electron chi connectivity index (χ4n) is 2.60. The smallest absolute Gasteiger partial charge is 0.416 e. The first kappa shape index (κ1) is 13.0. The molecule has 3 nitrogen and oxygen atoms in total. The van der Waals surface area contributed by atoms with E-state index in [2.05, 4.69) is 0 Å². The van der Waals surface area contributed by atoms with Crippen molar-refractivity contribution in [2.75, 3.05) is 0 Å². The number of aromatic carboxylic acids is 1. The zero-order valence-corrected chi connectivity index (χ0v) is 10.4. The largest absolute Gasteiger partial charge is 0.477 e. The van der Waals surface area contributed by atoms with Crippen molar-refractivity contribution in [2.45, 2.75) is 31.5 Å². The van der Waals surface area contributed by atoms with Gasteiger partial charge < -0.3 is 9.67 Å². The number of halogens is 3. The van der Waals surface area contributed by atoms with Crippen LogP contribution in [0.5, 0.6) is 0 Å². The Balaban J connectivity index is 2.24. The third-order valence-electron chi connectivity index (χ3n) is 3.83. The Bertz CT molecular complexity index is 684. The van der Waals surface area contributed by atoms with Crippen molar-refractivity contribution in [1.29, 1.82) is 0 Å². The van der Waals surface area contributed by atoms with E-state index in [9.17, 15) is 23.1 Å². The first-order valence-electron chi connectivity index (χ1n) is 6.33. The molecule has 0 atom stereocenters. The molecule has 106 valence electrons. The summed E-state index contributed by atoms with van der Waals surface area (Å²) in [6.07, 6.45) is -1.84. The third kappa shape index (κ3) is 1.95. The van der Waals surface area contributed by atoms with Crippen LogP contribution in [0.4, 0.5) is 13.2 Å². The molecule has 3 rings (SSSR count). The molecular weight excluding hydrogens is 271 g/mol. The summed E-state index contributed by atoms with van der Waals surface area (Å²) in [5.41, 5.74) is -0.341. The van der Waals surface area contributed by atoms with Crippen LogP contribution >= 0.6 is 0 Å². The van der Waals surface area contributed by atoms with Crippen molar-refractivity contribution in [3.63, 3.8) is 0 Å². The Morgan fingerprint density at radius 1 is 1.25 bits per heavy atom. The van der Waals surface area contributed by atoms with Gasteiger partial charge in [0.15, 0.2) is 0 Å². The van der Waals surface area contributed by atoms with Gasteiger partial charge in [-0.15, -0.1) is 0 Å². The number of nitrogens with zero attached hydrogens (tertiary/aromatic N) is 1. The number of aromatic nitrogens is 1. The standard InChI is InChI=1S/C14H12F3NO2/c15-14(16,17)9-5-4-8-6-12(13(19)20)18(11(8)7-9)10-2-1-3-10/h4-7,10H,1-3H2,(H,19,20). The fourth-order valence-corrected chi connectivity index (χ4v) is 2.60. The Labute approximate surface area is 112 Å². The SMILES string of the molecule is O=C(O)c1cc2ccc(C(F)(F)F)cc2n1C1CCC1. The average Bonchev–Trinajstić information content (AvgIpc) is 2.65. The number of benzene rings is 1. The molecule has 1 heterocycles. The molecule has 1 saturated carbocycles. The summed E-state index contributed by atoms with van der Waals surface area (Å²) < 4.78 is 39.9. The van der Waals surface area contributed by atoms with E-state index < -0.39 is 17.7 Å². The summed E-state index contributed by atoms with van der Waals surface area (Å²) in [6, 6.07) is 4.79. The van der Waals surface area contributed by atoms with Crippen LogP contribution in [0.1, 0.15) is 41.4 Å². The first-order valence-corrected chi connectivity index (χ1v) is 6.33. The minimum atomic E-state index is -4.42. The number of rotatable bonds is 2. The van der Waals surface area contributed by atoms with Crippen LogP contribution in [-0.2, 0) is 6.18 Å². The van der Waals surface area contributed by atoms with Crippen LogP contribution in [0.25, 0.3) is 10.9 Å². The zero-order chi connectivity index (χ0) is 14.5. The third-order valence-corrected chi connectivity index (χ3v) is 3.83. The monoisotopic (exact) mass is 283 g/mol. The maximum absolute atomic E-state index is 12.8. The van der Waals surface area contributed by atoms with E-state index in [-0.39, 0.29) is 11.7 Å². The Hall–Kier alpha value is -1.98. The summed E-state index contributed by atoms with van der Waals surface area (Å²) in [7, 11) is 0. The lowest BCUT2D eigenvalue weighted by Gasteiger charge is -2.29. The number of hydrogen-bond donors (Lipinski definition) is 1. The van der Waals surface area contributed by atoms with Crippen molar-refractivity contribution < 1.29 is 23.1 Å². The van der Waals surface area contributed by atoms with Gasteiger partial charge in [0.2, 0.25) is 0 Å². The summed E-state index contributed by atoms with van der Waals surface area (Å²) >= 11 is 0. The van der Waals surface area contributed by atoms with Gasteiger partial charge in [-0.05, 0) is 37.5 Å². The van der Waals surface area contributed by atoms with E-state index in [1.807, 2.05) is 0 Å². The highest BCUT2D eigenvalue weighted by atomic mass is 19.4. The second kappa shape index (κ2) is 4.26. The van der Waals surface area contributed by atoms with Crippen molar-refractivity contribution in [1.82, 2.24) is 4.57 Å². The number of carbonyl (C=O) groups is 1. The molecule has 20 heavy (non-hydrogen) atoms. The van der Waals surface area contributed by atoms with E-state index in [1.165, 1.54) is 16.7 Å². The lowest BCUT2D eigenvalue weighted by Crippen LogP contribution is -2.21. The summed E-state index contributed by atoms with van der Waals surface area (Å²) in [5, 5.41) is 9.75. The van der Waals surface area contributed by atoms with Gasteiger partial charge in [0.1, 0.15) is 5.69 Å². The second-order valence-electron chi connectivity index (χ2n) is 5.06. The molecule has 2 aromatic rings. The Morgan fingerprint density at radius 2 is 1.95 bits per heavy atom. The van der Waals surface area contributed by atoms with Crippen LogP contribution in [0.15, 0.2) is 24.3 Å². The van der Waals surface area contributed by atoms with Gasteiger partial charge in [0, 0.05) is 16.9 Å². The quantitative estimate of drug-likeness (QED) is 0.902. The predicted molar refractivity (Wildman–Crippen MR) is 66.8 cm³/mol. The maximum atomic E-state index is 12.8. The fraction of sp³-hybridized carbons (Fsp3) is 0.357. The molecule has 1 fully saturated rings. The molecule has 0 amide bonds. The molecule has 1 N–H and O–H groups in total.